The maximum atomic E-state index is 12.8. The molecule has 27 heavy (non-hydrogen) atoms. The van der Waals surface area contributed by atoms with Crippen LogP contribution in [0.15, 0.2) is 23.6 Å². The summed E-state index contributed by atoms with van der Waals surface area (Å²) in [5.41, 5.74) is 0. The highest BCUT2D eigenvalue weighted by Crippen LogP contribution is 2.28. The van der Waals surface area contributed by atoms with E-state index in [0.29, 0.717) is 6.42 Å². The van der Waals surface area contributed by atoms with Crippen LogP contribution >= 0.6 is 11.3 Å². The molecule has 1 atom stereocenters. The van der Waals surface area contributed by atoms with Crippen molar-refractivity contribution in [2.75, 3.05) is 18.1 Å². The summed E-state index contributed by atoms with van der Waals surface area (Å²) >= 11 is 1.50. The summed E-state index contributed by atoms with van der Waals surface area (Å²) in [6.45, 7) is -0.347. The number of ether oxygens (including phenoxy) is 1. The van der Waals surface area contributed by atoms with Gasteiger partial charge < -0.3 is 9.64 Å². The van der Waals surface area contributed by atoms with E-state index in [-0.39, 0.29) is 36.1 Å². The molecule has 6 nitrogen and oxygen atoms in total. The first-order valence-corrected chi connectivity index (χ1v) is 12.0. The van der Waals surface area contributed by atoms with Crippen LogP contribution in [0.3, 0.4) is 0 Å². The second-order valence-corrected chi connectivity index (χ2v) is 10.3. The van der Waals surface area contributed by atoms with E-state index in [9.17, 15) is 18.0 Å². The number of rotatable bonds is 6. The van der Waals surface area contributed by atoms with Gasteiger partial charge in [-0.3, -0.25) is 4.79 Å². The zero-order valence-electron chi connectivity index (χ0n) is 15.2. The normalized spacial score (nSPS) is 22.7. The van der Waals surface area contributed by atoms with Crippen LogP contribution in [-0.2, 0) is 24.2 Å². The summed E-state index contributed by atoms with van der Waals surface area (Å²) < 4.78 is 28.9. The molecule has 0 N–H and O–H groups in total. The fraction of sp³-hybridized carbons (Fsp3) is 0.579. The van der Waals surface area contributed by atoms with Gasteiger partial charge in [0.25, 0.3) is 5.91 Å². The molecule has 1 aromatic rings. The molecule has 148 valence electrons. The van der Waals surface area contributed by atoms with Crippen LogP contribution < -0.4 is 0 Å². The molecule has 0 aromatic carbocycles. The quantitative estimate of drug-likeness (QED) is 0.531. The first kappa shape index (κ1) is 20.1. The highest BCUT2D eigenvalue weighted by molar-refractivity contribution is 7.91. The molecule has 0 spiro atoms. The van der Waals surface area contributed by atoms with Gasteiger partial charge in [-0.2, -0.15) is 0 Å². The van der Waals surface area contributed by atoms with Crippen LogP contribution in [0.5, 0.6) is 0 Å². The van der Waals surface area contributed by atoms with Crippen molar-refractivity contribution in [1.29, 1.82) is 0 Å². The fourth-order valence-electron chi connectivity index (χ4n) is 3.85. The van der Waals surface area contributed by atoms with Crippen molar-refractivity contribution in [3.05, 3.63) is 28.5 Å². The second kappa shape index (κ2) is 9.01. The molecule has 1 aliphatic carbocycles. The van der Waals surface area contributed by atoms with Crippen molar-refractivity contribution < 1.29 is 22.7 Å². The molecule has 1 aromatic heterocycles. The molecular formula is C19H25NO5S2. The average molecular weight is 412 g/mol. The molecule has 1 saturated heterocycles. The Balaban J connectivity index is 1.61. The zero-order chi connectivity index (χ0) is 19.3. The predicted molar refractivity (Wildman–Crippen MR) is 105 cm³/mol. The molecule has 1 saturated carbocycles. The van der Waals surface area contributed by atoms with E-state index in [4.69, 9.17) is 4.74 Å². The van der Waals surface area contributed by atoms with Gasteiger partial charge in [-0.05, 0) is 36.8 Å². The van der Waals surface area contributed by atoms with Gasteiger partial charge in [0.15, 0.2) is 16.4 Å². The smallest absolute Gasteiger partial charge is 0.331 e. The Morgan fingerprint density at radius 1 is 1.19 bits per heavy atom. The Morgan fingerprint density at radius 3 is 2.59 bits per heavy atom. The predicted octanol–water partition coefficient (Wildman–Crippen LogP) is 2.65. The van der Waals surface area contributed by atoms with Crippen LogP contribution in [0.25, 0.3) is 6.08 Å². The largest absolute Gasteiger partial charge is 0.452 e. The number of sulfone groups is 1. The fourth-order valence-corrected chi connectivity index (χ4v) is 6.18. The minimum absolute atomic E-state index is 0.0153. The maximum Gasteiger partial charge on any atom is 0.331 e. The van der Waals surface area contributed by atoms with Gasteiger partial charge in [-0.1, -0.05) is 25.3 Å². The highest BCUT2D eigenvalue weighted by atomic mass is 32.2. The standard InChI is InChI=1S/C19H25NO5S2/c21-18(13-25-19(22)9-8-17-7-4-11-26-17)20(15-5-2-1-3-6-15)16-10-12-27(23,24)14-16/h4,7-9,11,15-16H,1-3,5-6,10,12-14H2/b9-8+/t16-/m0/s1. The lowest BCUT2D eigenvalue weighted by atomic mass is 9.93. The van der Waals surface area contributed by atoms with Gasteiger partial charge in [0, 0.05) is 23.0 Å². The molecule has 2 aliphatic rings. The Morgan fingerprint density at radius 2 is 1.96 bits per heavy atom. The molecule has 8 heteroatoms. The lowest BCUT2D eigenvalue weighted by Crippen LogP contribution is -2.50. The van der Waals surface area contributed by atoms with E-state index < -0.39 is 15.8 Å². The minimum Gasteiger partial charge on any atom is -0.452 e. The third kappa shape index (κ3) is 5.65. The first-order chi connectivity index (χ1) is 12.9. The number of carbonyl (C=O) groups is 2. The molecule has 3 rings (SSSR count). The topological polar surface area (TPSA) is 80.8 Å². The number of nitrogens with zero attached hydrogens (tertiary/aromatic N) is 1. The van der Waals surface area contributed by atoms with E-state index in [1.54, 1.807) is 11.0 Å². The second-order valence-electron chi connectivity index (χ2n) is 7.11. The zero-order valence-corrected chi connectivity index (χ0v) is 16.8. The molecular weight excluding hydrogens is 386 g/mol. The van der Waals surface area contributed by atoms with Gasteiger partial charge in [0.1, 0.15) is 0 Å². The van der Waals surface area contributed by atoms with Crippen LogP contribution in [-0.4, -0.2) is 55.4 Å². The maximum absolute atomic E-state index is 12.8. The summed E-state index contributed by atoms with van der Waals surface area (Å²) in [5, 5.41) is 1.91. The van der Waals surface area contributed by atoms with Gasteiger partial charge >= 0.3 is 5.97 Å². The van der Waals surface area contributed by atoms with Crippen LogP contribution in [0.1, 0.15) is 43.4 Å². The van der Waals surface area contributed by atoms with Crippen LogP contribution in [0.4, 0.5) is 0 Å². The van der Waals surface area contributed by atoms with Crippen LogP contribution in [0, 0.1) is 0 Å². The number of amides is 1. The summed E-state index contributed by atoms with van der Waals surface area (Å²) in [4.78, 5) is 27.3. The summed E-state index contributed by atoms with van der Waals surface area (Å²) in [6, 6.07) is 3.51. The third-order valence-electron chi connectivity index (χ3n) is 5.12. The average Bonchev–Trinajstić information content (AvgIpc) is 3.29. The molecule has 0 radical (unpaired) electrons. The minimum atomic E-state index is -3.09. The monoisotopic (exact) mass is 411 g/mol. The number of esters is 1. The number of hydrogen-bond acceptors (Lipinski definition) is 6. The van der Waals surface area contributed by atoms with Crippen molar-refractivity contribution >= 4 is 39.1 Å². The molecule has 1 aliphatic heterocycles. The van der Waals surface area contributed by atoms with Crippen molar-refractivity contribution in [2.45, 2.75) is 50.6 Å². The van der Waals surface area contributed by atoms with E-state index in [0.717, 1.165) is 37.0 Å². The van der Waals surface area contributed by atoms with E-state index >= 15 is 0 Å². The van der Waals surface area contributed by atoms with E-state index in [2.05, 4.69) is 0 Å². The summed E-state index contributed by atoms with van der Waals surface area (Å²) in [7, 11) is -3.09. The number of hydrogen-bond donors (Lipinski definition) is 0. The third-order valence-corrected chi connectivity index (χ3v) is 7.71. The summed E-state index contributed by atoms with van der Waals surface area (Å²) in [5.74, 6) is -0.722. The Bertz CT molecular complexity index is 779. The molecule has 1 amide bonds. The Labute approximate surface area is 164 Å². The first-order valence-electron chi connectivity index (χ1n) is 9.34. The van der Waals surface area contributed by atoms with Crippen molar-refractivity contribution in [3.63, 3.8) is 0 Å². The Hall–Kier alpha value is -1.67. The van der Waals surface area contributed by atoms with Crippen molar-refractivity contribution in [2.24, 2.45) is 0 Å². The van der Waals surface area contributed by atoms with Gasteiger partial charge in [-0.25, -0.2) is 13.2 Å². The lowest BCUT2D eigenvalue weighted by molar-refractivity contribution is -0.151. The van der Waals surface area contributed by atoms with Crippen molar-refractivity contribution in [3.8, 4) is 0 Å². The molecule has 2 heterocycles. The van der Waals surface area contributed by atoms with E-state index in [1.165, 1.54) is 17.4 Å². The molecule has 0 bridgehead atoms. The lowest BCUT2D eigenvalue weighted by Gasteiger charge is -2.38. The van der Waals surface area contributed by atoms with Crippen molar-refractivity contribution in [1.82, 2.24) is 4.90 Å². The Kier molecular flexibility index (Phi) is 6.70. The van der Waals surface area contributed by atoms with Gasteiger partial charge in [0.2, 0.25) is 0 Å². The number of thiophene rings is 1. The summed E-state index contributed by atoms with van der Waals surface area (Å²) in [6.07, 6.45) is 8.42. The van der Waals surface area contributed by atoms with E-state index in [1.807, 2.05) is 17.5 Å². The SMILES string of the molecule is O=C(/C=C/c1cccs1)OCC(=O)N(C1CCCCC1)[C@H]1CCS(=O)(=O)C1. The number of carbonyl (C=O) groups excluding carboxylic acids is 2. The molecule has 2 fully saturated rings. The van der Waals surface area contributed by atoms with Gasteiger partial charge in [0.05, 0.1) is 11.5 Å². The van der Waals surface area contributed by atoms with Gasteiger partial charge in [-0.15, -0.1) is 11.3 Å². The molecule has 0 unspecified atom stereocenters. The highest BCUT2D eigenvalue weighted by Gasteiger charge is 2.38. The van der Waals surface area contributed by atoms with Crippen LogP contribution in [0.2, 0.25) is 0 Å².